The van der Waals surface area contributed by atoms with Gasteiger partial charge in [0, 0.05) is 24.9 Å². The number of rotatable bonds is 3. The third-order valence-electron chi connectivity index (χ3n) is 3.42. The van der Waals surface area contributed by atoms with Gasteiger partial charge in [0.2, 0.25) is 5.91 Å². The normalized spacial score (nSPS) is 11.7. The van der Waals surface area contributed by atoms with Crippen LogP contribution in [0.3, 0.4) is 0 Å². The number of aryl methyl sites for hydroxylation is 1. The number of pyridine rings is 1. The van der Waals surface area contributed by atoms with Crippen LogP contribution in [0.15, 0.2) is 45.7 Å². The van der Waals surface area contributed by atoms with Crippen molar-refractivity contribution in [3.63, 3.8) is 0 Å². The number of nitrogens with one attached hydrogen (secondary N) is 1. The maximum absolute atomic E-state index is 12.7. The Morgan fingerprint density at radius 3 is 2.80 bits per heavy atom. The number of hydrogen-bond donors (Lipinski definition) is 1. The van der Waals surface area contributed by atoms with E-state index in [4.69, 9.17) is 4.42 Å². The van der Waals surface area contributed by atoms with E-state index in [0.717, 1.165) is 12.3 Å². The molecule has 6 nitrogen and oxygen atoms in total. The number of oxazole rings is 1. The number of anilines is 1. The van der Waals surface area contributed by atoms with Crippen LogP contribution in [0.2, 0.25) is 0 Å². The van der Waals surface area contributed by atoms with Crippen LogP contribution in [0.25, 0.3) is 11.1 Å². The van der Waals surface area contributed by atoms with Gasteiger partial charge in [-0.05, 0) is 24.3 Å². The topological polar surface area (TPSA) is 77.1 Å². The highest BCUT2D eigenvalue weighted by Gasteiger charge is 2.34. The zero-order valence-corrected chi connectivity index (χ0v) is 12.9. The highest BCUT2D eigenvalue weighted by atomic mass is 19.4. The molecule has 0 saturated heterocycles. The summed E-state index contributed by atoms with van der Waals surface area (Å²) < 4.78 is 44.2. The molecule has 9 heteroatoms. The lowest BCUT2D eigenvalue weighted by Gasteiger charge is -2.10. The molecule has 0 spiro atoms. The Balaban J connectivity index is 1.79. The second kappa shape index (κ2) is 6.08. The average Bonchev–Trinajstić information content (AvgIpc) is 2.87. The van der Waals surface area contributed by atoms with E-state index < -0.39 is 29.8 Å². The molecule has 1 aromatic carbocycles. The molecular formula is C16H12F3N3O3. The number of halogens is 3. The van der Waals surface area contributed by atoms with Crippen LogP contribution >= 0.6 is 0 Å². The Bertz CT molecular complexity index is 1010. The summed E-state index contributed by atoms with van der Waals surface area (Å²) in [7, 11) is 0. The largest absolute Gasteiger partial charge is 0.441 e. The summed E-state index contributed by atoms with van der Waals surface area (Å²) in [4.78, 5) is 28.0. The molecule has 0 aliphatic rings. The van der Waals surface area contributed by atoms with E-state index in [9.17, 15) is 22.8 Å². The van der Waals surface area contributed by atoms with Crippen molar-refractivity contribution in [2.75, 3.05) is 5.32 Å². The first-order chi connectivity index (χ1) is 11.7. The van der Waals surface area contributed by atoms with Crippen molar-refractivity contribution in [2.24, 2.45) is 0 Å². The predicted molar refractivity (Wildman–Crippen MR) is 83.1 cm³/mol. The second-order valence-corrected chi connectivity index (χ2v) is 5.32. The van der Waals surface area contributed by atoms with Gasteiger partial charge in [0.05, 0.1) is 0 Å². The van der Waals surface area contributed by atoms with E-state index in [1.54, 1.807) is 25.1 Å². The smallest absolute Gasteiger partial charge is 0.421 e. The van der Waals surface area contributed by atoms with E-state index in [1.807, 2.05) is 0 Å². The summed E-state index contributed by atoms with van der Waals surface area (Å²) in [6.45, 7) is 1.13. The summed E-state index contributed by atoms with van der Waals surface area (Å²) in [5, 5.41) is 2.51. The van der Waals surface area contributed by atoms with Crippen molar-refractivity contribution in [2.45, 2.75) is 19.6 Å². The van der Waals surface area contributed by atoms with Gasteiger partial charge >= 0.3 is 6.18 Å². The lowest BCUT2D eigenvalue weighted by atomic mass is 10.2. The Labute approximate surface area is 138 Å². The molecule has 25 heavy (non-hydrogen) atoms. The zero-order chi connectivity index (χ0) is 18.2. The number of amides is 1. The van der Waals surface area contributed by atoms with Gasteiger partial charge in [0.15, 0.2) is 11.5 Å². The van der Waals surface area contributed by atoms with Crippen LogP contribution < -0.4 is 10.9 Å². The third kappa shape index (κ3) is 3.54. The van der Waals surface area contributed by atoms with Crippen molar-refractivity contribution in [1.29, 1.82) is 0 Å². The average molecular weight is 351 g/mol. The molecule has 130 valence electrons. The Kier molecular flexibility index (Phi) is 4.07. The maximum Gasteiger partial charge on any atom is 0.421 e. The molecule has 3 aromatic rings. The van der Waals surface area contributed by atoms with E-state index in [2.05, 4.69) is 10.3 Å². The Morgan fingerprint density at radius 2 is 2.08 bits per heavy atom. The van der Waals surface area contributed by atoms with Gasteiger partial charge < -0.3 is 14.3 Å². The summed E-state index contributed by atoms with van der Waals surface area (Å²) >= 11 is 0. The minimum absolute atomic E-state index is 0.383. The van der Waals surface area contributed by atoms with Crippen molar-refractivity contribution >= 4 is 22.7 Å². The molecule has 0 bridgehead atoms. The third-order valence-corrected chi connectivity index (χ3v) is 3.42. The number of carbonyl (C=O) groups excluding carboxylic acids is 1. The minimum Gasteiger partial charge on any atom is -0.441 e. The number of fused-ring (bicyclic) bond motifs is 1. The molecule has 2 heterocycles. The van der Waals surface area contributed by atoms with Gasteiger partial charge in [-0.1, -0.05) is 0 Å². The molecular weight excluding hydrogens is 339 g/mol. The van der Waals surface area contributed by atoms with Crippen molar-refractivity contribution in [1.82, 2.24) is 9.55 Å². The van der Waals surface area contributed by atoms with Crippen LogP contribution in [0.5, 0.6) is 0 Å². The highest BCUT2D eigenvalue weighted by molar-refractivity contribution is 5.92. The summed E-state index contributed by atoms with van der Waals surface area (Å²) in [6, 6.07) is 6.51. The molecule has 0 aliphatic heterocycles. The molecule has 0 aliphatic carbocycles. The zero-order valence-electron chi connectivity index (χ0n) is 12.9. The Morgan fingerprint density at radius 1 is 1.32 bits per heavy atom. The quantitative estimate of drug-likeness (QED) is 0.787. The first-order valence-corrected chi connectivity index (χ1v) is 7.18. The fourth-order valence-corrected chi connectivity index (χ4v) is 2.35. The van der Waals surface area contributed by atoms with E-state index in [-0.39, 0.29) is 0 Å². The maximum atomic E-state index is 12.7. The SMILES string of the molecule is Cc1nc2ccc(NC(=O)Cn3cccc(C(F)(F)F)c3=O)cc2o1. The number of nitrogens with zero attached hydrogens (tertiary/aromatic N) is 2. The van der Waals surface area contributed by atoms with E-state index in [1.165, 1.54) is 0 Å². The standard InChI is InChI=1S/C16H12F3N3O3/c1-9-20-12-5-4-10(7-13(12)25-9)21-14(23)8-22-6-2-3-11(15(22)24)16(17,18)19/h2-7H,8H2,1H3,(H,21,23). The monoisotopic (exact) mass is 351 g/mol. The van der Waals surface area contributed by atoms with Crippen LogP contribution in [0.4, 0.5) is 18.9 Å². The molecule has 0 unspecified atom stereocenters. The number of carbonyl (C=O) groups is 1. The van der Waals surface area contributed by atoms with Gasteiger partial charge in [-0.3, -0.25) is 9.59 Å². The van der Waals surface area contributed by atoms with Gasteiger partial charge in [0.1, 0.15) is 17.6 Å². The van der Waals surface area contributed by atoms with Crippen molar-refractivity contribution < 1.29 is 22.4 Å². The fraction of sp³-hybridized carbons (Fsp3) is 0.188. The number of hydrogen-bond acceptors (Lipinski definition) is 4. The molecule has 1 amide bonds. The molecule has 2 aromatic heterocycles. The van der Waals surface area contributed by atoms with Crippen LogP contribution in [0, 0.1) is 6.92 Å². The minimum atomic E-state index is -4.77. The number of aromatic nitrogens is 2. The first kappa shape index (κ1) is 16.7. The number of benzene rings is 1. The lowest BCUT2D eigenvalue weighted by molar-refractivity contribution is -0.139. The van der Waals surface area contributed by atoms with Gasteiger partial charge in [-0.15, -0.1) is 0 Å². The fourth-order valence-electron chi connectivity index (χ4n) is 2.35. The van der Waals surface area contributed by atoms with E-state index >= 15 is 0 Å². The Hall–Kier alpha value is -3.10. The molecule has 1 N–H and O–H groups in total. The van der Waals surface area contributed by atoms with Crippen molar-refractivity contribution in [3.05, 3.63) is 58.3 Å². The molecule has 0 fully saturated rings. The van der Waals surface area contributed by atoms with Crippen LogP contribution in [-0.4, -0.2) is 15.5 Å². The molecule has 3 rings (SSSR count). The summed E-state index contributed by atoms with van der Waals surface area (Å²) in [6.07, 6.45) is -3.65. The van der Waals surface area contributed by atoms with Crippen LogP contribution in [-0.2, 0) is 17.5 Å². The van der Waals surface area contributed by atoms with E-state index in [0.29, 0.717) is 33.3 Å². The van der Waals surface area contributed by atoms with Gasteiger partial charge in [-0.25, -0.2) is 4.98 Å². The van der Waals surface area contributed by atoms with Gasteiger partial charge in [0.25, 0.3) is 5.56 Å². The van der Waals surface area contributed by atoms with Crippen molar-refractivity contribution in [3.8, 4) is 0 Å². The highest BCUT2D eigenvalue weighted by Crippen LogP contribution is 2.26. The number of alkyl halides is 3. The molecule has 0 atom stereocenters. The van der Waals surface area contributed by atoms with Gasteiger partial charge in [-0.2, -0.15) is 13.2 Å². The summed E-state index contributed by atoms with van der Waals surface area (Å²) in [5.41, 5.74) is -1.13. The van der Waals surface area contributed by atoms with Crippen LogP contribution in [0.1, 0.15) is 11.5 Å². The first-order valence-electron chi connectivity index (χ1n) is 7.18. The lowest BCUT2D eigenvalue weighted by Crippen LogP contribution is -2.31. The summed E-state index contributed by atoms with van der Waals surface area (Å²) in [5.74, 6) is -0.175. The second-order valence-electron chi connectivity index (χ2n) is 5.32. The predicted octanol–water partition coefficient (Wildman–Crippen LogP) is 2.96. The molecule has 0 saturated carbocycles. The molecule has 0 radical (unpaired) electrons.